The van der Waals surface area contributed by atoms with E-state index in [1.165, 1.54) is 0 Å². The highest BCUT2D eigenvalue weighted by molar-refractivity contribution is 5.99. The number of nitrogens with one attached hydrogen (secondary N) is 1. The Kier molecular flexibility index (Phi) is 3.98. The number of carbonyl (C=O) groups excluding carboxylic acids is 2. The number of aromatic amines is 1. The van der Waals surface area contributed by atoms with Crippen LogP contribution in [-0.4, -0.2) is 30.0 Å². The minimum atomic E-state index is -0.519. The summed E-state index contributed by atoms with van der Waals surface area (Å²) < 4.78 is 5.23. The molecule has 0 radical (unpaired) electrons. The molecular formula is C20H18N2O3. The van der Waals surface area contributed by atoms with Gasteiger partial charge in [-0.2, -0.15) is 0 Å². The van der Waals surface area contributed by atoms with Gasteiger partial charge in [0.1, 0.15) is 5.69 Å². The van der Waals surface area contributed by atoms with Crippen molar-refractivity contribution in [2.45, 2.75) is 12.8 Å². The number of amides is 1. The molecule has 0 bridgehead atoms. The predicted octanol–water partition coefficient (Wildman–Crippen LogP) is 3.30. The summed E-state index contributed by atoms with van der Waals surface area (Å²) in [4.78, 5) is 29.5. The fraction of sp³-hybridized carbons (Fsp3) is 0.200. The molecule has 0 fully saturated rings. The highest BCUT2D eigenvalue weighted by Crippen LogP contribution is 2.26. The van der Waals surface area contributed by atoms with E-state index in [2.05, 4.69) is 4.98 Å². The van der Waals surface area contributed by atoms with Crippen molar-refractivity contribution < 1.29 is 14.3 Å². The molecule has 1 N–H and O–H groups in total. The quantitative estimate of drug-likeness (QED) is 0.748. The largest absolute Gasteiger partial charge is 0.451 e. The molecule has 4 rings (SSSR count). The molecule has 0 saturated heterocycles. The van der Waals surface area contributed by atoms with Crippen LogP contribution in [0.4, 0.5) is 5.69 Å². The maximum atomic E-state index is 12.5. The first-order valence-corrected chi connectivity index (χ1v) is 8.35. The Morgan fingerprint density at radius 1 is 1.08 bits per heavy atom. The number of esters is 1. The van der Waals surface area contributed by atoms with Crippen molar-refractivity contribution >= 4 is 28.5 Å². The van der Waals surface area contributed by atoms with Crippen LogP contribution in [0.1, 0.15) is 22.5 Å². The smallest absolute Gasteiger partial charge is 0.355 e. The monoisotopic (exact) mass is 334 g/mol. The second-order valence-electron chi connectivity index (χ2n) is 6.12. The number of anilines is 1. The molecule has 0 atom stereocenters. The van der Waals surface area contributed by atoms with Crippen LogP contribution in [0.25, 0.3) is 10.9 Å². The van der Waals surface area contributed by atoms with Gasteiger partial charge >= 0.3 is 5.97 Å². The van der Waals surface area contributed by atoms with Gasteiger partial charge in [-0.25, -0.2) is 4.79 Å². The van der Waals surface area contributed by atoms with Crippen molar-refractivity contribution in [3.05, 3.63) is 65.9 Å². The first-order valence-electron chi connectivity index (χ1n) is 8.35. The van der Waals surface area contributed by atoms with E-state index in [0.29, 0.717) is 12.2 Å². The number of aryl methyl sites for hydroxylation is 1. The molecule has 5 nitrogen and oxygen atoms in total. The third-order valence-corrected chi connectivity index (χ3v) is 4.49. The number of hydrogen-bond donors (Lipinski definition) is 1. The van der Waals surface area contributed by atoms with E-state index in [1.807, 2.05) is 48.5 Å². The number of hydrogen-bond acceptors (Lipinski definition) is 3. The van der Waals surface area contributed by atoms with Crippen LogP contribution >= 0.6 is 0 Å². The van der Waals surface area contributed by atoms with Crippen molar-refractivity contribution in [3.8, 4) is 0 Å². The maximum absolute atomic E-state index is 12.5. The zero-order valence-electron chi connectivity index (χ0n) is 13.7. The van der Waals surface area contributed by atoms with Crippen LogP contribution in [0.3, 0.4) is 0 Å². The molecule has 3 aromatic rings. The Labute approximate surface area is 145 Å². The zero-order valence-corrected chi connectivity index (χ0v) is 13.7. The summed E-state index contributed by atoms with van der Waals surface area (Å²) in [5.41, 5.74) is 3.29. The Morgan fingerprint density at radius 2 is 1.88 bits per heavy atom. The van der Waals surface area contributed by atoms with Gasteiger partial charge in [0.05, 0.1) is 0 Å². The third kappa shape index (κ3) is 3.01. The van der Waals surface area contributed by atoms with Crippen molar-refractivity contribution in [1.82, 2.24) is 4.98 Å². The van der Waals surface area contributed by atoms with Gasteiger partial charge in [-0.1, -0.05) is 36.4 Å². The molecule has 0 spiro atoms. The summed E-state index contributed by atoms with van der Waals surface area (Å²) in [7, 11) is 0. The number of para-hydroxylation sites is 2. The molecule has 126 valence electrons. The van der Waals surface area contributed by atoms with Gasteiger partial charge in [-0.05, 0) is 36.6 Å². The Hall–Kier alpha value is -3.08. The van der Waals surface area contributed by atoms with Gasteiger partial charge in [-0.15, -0.1) is 0 Å². The van der Waals surface area contributed by atoms with Gasteiger partial charge in [0.25, 0.3) is 5.91 Å². The summed E-state index contributed by atoms with van der Waals surface area (Å²) in [6.45, 7) is 0.391. The second kappa shape index (κ2) is 6.43. The lowest BCUT2D eigenvalue weighted by Crippen LogP contribution is -2.38. The number of carbonyl (C=O) groups is 2. The lowest BCUT2D eigenvalue weighted by atomic mass is 10.0. The number of benzene rings is 2. The molecule has 1 aliphatic rings. The van der Waals surface area contributed by atoms with Crippen molar-refractivity contribution in [1.29, 1.82) is 0 Å². The SMILES string of the molecule is O=C(OCC(=O)N1CCCc2ccccc21)c1cc2ccccc2[nH]1. The molecule has 1 amide bonds. The van der Waals surface area contributed by atoms with Crippen molar-refractivity contribution in [3.63, 3.8) is 0 Å². The van der Waals surface area contributed by atoms with Crippen molar-refractivity contribution in [2.24, 2.45) is 0 Å². The van der Waals surface area contributed by atoms with Gasteiger partial charge in [-0.3, -0.25) is 4.79 Å². The normalized spacial score (nSPS) is 13.5. The highest BCUT2D eigenvalue weighted by atomic mass is 16.5. The number of fused-ring (bicyclic) bond motifs is 2. The average molecular weight is 334 g/mol. The van der Waals surface area contributed by atoms with Gasteiger partial charge in [0.2, 0.25) is 0 Å². The molecule has 0 aliphatic carbocycles. The molecule has 25 heavy (non-hydrogen) atoms. The van der Waals surface area contributed by atoms with E-state index >= 15 is 0 Å². The number of nitrogens with zero attached hydrogens (tertiary/aromatic N) is 1. The second-order valence-corrected chi connectivity index (χ2v) is 6.12. The number of rotatable bonds is 3. The molecule has 1 aliphatic heterocycles. The molecule has 0 unspecified atom stereocenters. The fourth-order valence-electron chi connectivity index (χ4n) is 3.26. The summed E-state index contributed by atoms with van der Waals surface area (Å²) in [6, 6.07) is 17.2. The highest BCUT2D eigenvalue weighted by Gasteiger charge is 2.23. The number of aromatic nitrogens is 1. The maximum Gasteiger partial charge on any atom is 0.355 e. The van der Waals surface area contributed by atoms with Crippen LogP contribution < -0.4 is 4.90 Å². The van der Waals surface area contributed by atoms with Crippen LogP contribution in [0, 0.1) is 0 Å². The molecule has 2 aromatic carbocycles. The summed E-state index contributed by atoms with van der Waals surface area (Å²) in [5.74, 6) is -0.716. The topological polar surface area (TPSA) is 62.4 Å². The van der Waals surface area contributed by atoms with E-state index < -0.39 is 5.97 Å². The molecule has 2 heterocycles. The number of H-pyrrole nitrogens is 1. The first kappa shape index (κ1) is 15.4. The van der Waals surface area contributed by atoms with Crippen LogP contribution in [0.2, 0.25) is 0 Å². The fourth-order valence-corrected chi connectivity index (χ4v) is 3.26. The lowest BCUT2D eigenvalue weighted by Gasteiger charge is -2.29. The molecule has 5 heteroatoms. The van der Waals surface area contributed by atoms with E-state index in [-0.39, 0.29) is 12.5 Å². The van der Waals surface area contributed by atoms with E-state index in [0.717, 1.165) is 35.0 Å². The summed E-state index contributed by atoms with van der Waals surface area (Å²) in [6.07, 6.45) is 1.88. The van der Waals surface area contributed by atoms with Gasteiger partial charge in [0, 0.05) is 23.1 Å². The summed E-state index contributed by atoms with van der Waals surface area (Å²) >= 11 is 0. The lowest BCUT2D eigenvalue weighted by molar-refractivity contribution is -0.121. The van der Waals surface area contributed by atoms with Crippen LogP contribution in [0.5, 0.6) is 0 Å². The Balaban J connectivity index is 1.44. The van der Waals surface area contributed by atoms with Gasteiger partial charge in [0.15, 0.2) is 6.61 Å². The van der Waals surface area contributed by atoms with Gasteiger partial charge < -0.3 is 14.6 Å². The van der Waals surface area contributed by atoms with E-state index in [4.69, 9.17) is 4.74 Å². The predicted molar refractivity (Wildman–Crippen MR) is 95.7 cm³/mol. The minimum absolute atomic E-state index is 0.198. The van der Waals surface area contributed by atoms with Crippen LogP contribution in [-0.2, 0) is 16.0 Å². The third-order valence-electron chi connectivity index (χ3n) is 4.49. The molecular weight excluding hydrogens is 316 g/mol. The first-order chi connectivity index (χ1) is 12.2. The molecule has 1 aromatic heterocycles. The Morgan fingerprint density at radius 3 is 2.76 bits per heavy atom. The van der Waals surface area contributed by atoms with E-state index in [9.17, 15) is 9.59 Å². The van der Waals surface area contributed by atoms with E-state index in [1.54, 1.807) is 11.0 Å². The molecule has 0 saturated carbocycles. The zero-order chi connectivity index (χ0) is 17.2. The Bertz CT molecular complexity index is 912. The summed E-state index contributed by atoms with van der Waals surface area (Å²) in [5, 5.41) is 0.936. The number of ether oxygens (including phenoxy) is 1. The van der Waals surface area contributed by atoms with Crippen LogP contribution in [0.15, 0.2) is 54.6 Å². The average Bonchev–Trinajstić information content (AvgIpc) is 3.09. The minimum Gasteiger partial charge on any atom is -0.451 e. The van der Waals surface area contributed by atoms with Crippen molar-refractivity contribution in [2.75, 3.05) is 18.1 Å². The standard InChI is InChI=1S/C20H18N2O3/c23-19(22-11-5-8-14-6-2-4-10-18(14)22)13-25-20(24)17-12-15-7-1-3-9-16(15)21-17/h1-4,6-7,9-10,12,21H,5,8,11,13H2.